The lowest BCUT2D eigenvalue weighted by Crippen LogP contribution is -2.39. The van der Waals surface area contributed by atoms with E-state index in [1.807, 2.05) is 37.8 Å². The molecule has 0 aliphatic carbocycles. The molecule has 0 spiro atoms. The molecule has 1 aromatic rings. The number of hydrogen-bond donors (Lipinski definition) is 1. The summed E-state index contributed by atoms with van der Waals surface area (Å²) in [5, 5.41) is 11.9. The Morgan fingerprint density at radius 3 is 2.71 bits per heavy atom. The highest BCUT2D eigenvalue weighted by Crippen LogP contribution is 2.20. The van der Waals surface area contributed by atoms with Crippen molar-refractivity contribution >= 4 is 5.91 Å². The lowest BCUT2D eigenvalue weighted by atomic mass is 10.1. The highest BCUT2D eigenvalue weighted by Gasteiger charge is 2.12. The van der Waals surface area contributed by atoms with Gasteiger partial charge in [-0.2, -0.15) is 5.26 Å². The Labute approximate surface area is 126 Å². The second-order valence-corrected chi connectivity index (χ2v) is 5.17. The van der Waals surface area contributed by atoms with Crippen molar-refractivity contribution < 1.29 is 9.53 Å². The molecule has 1 amide bonds. The second-order valence-electron chi connectivity index (χ2n) is 5.17. The summed E-state index contributed by atoms with van der Waals surface area (Å²) in [7, 11) is 1.55. The van der Waals surface area contributed by atoms with E-state index >= 15 is 0 Å². The van der Waals surface area contributed by atoms with Crippen LogP contribution >= 0.6 is 0 Å². The number of methoxy groups -OCH3 is 1. The minimum atomic E-state index is 0.0208. The number of ether oxygens (including phenoxy) is 1. The van der Waals surface area contributed by atoms with E-state index in [1.165, 1.54) is 0 Å². The zero-order valence-electron chi connectivity index (χ0n) is 13.1. The standard InChI is InChI=1S/C16H23N3O2/c1-5-19(11-16(20)18-12(2)3)10-13-6-7-14(9-17)15(8-13)21-4/h6-8,12H,5,10-11H2,1-4H3,(H,18,20). The minimum absolute atomic E-state index is 0.0208. The maximum Gasteiger partial charge on any atom is 0.234 e. The highest BCUT2D eigenvalue weighted by molar-refractivity contribution is 5.78. The van der Waals surface area contributed by atoms with E-state index < -0.39 is 0 Å². The molecule has 5 nitrogen and oxygen atoms in total. The summed E-state index contributed by atoms with van der Waals surface area (Å²) in [5.41, 5.74) is 1.53. The van der Waals surface area contributed by atoms with E-state index in [0.717, 1.165) is 12.1 Å². The predicted molar refractivity (Wildman–Crippen MR) is 81.9 cm³/mol. The molecule has 1 rings (SSSR count). The summed E-state index contributed by atoms with van der Waals surface area (Å²) in [6, 6.07) is 7.72. The highest BCUT2D eigenvalue weighted by atomic mass is 16.5. The monoisotopic (exact) mass is 289 g/mol. The second kappa shape index (κ2) is 8.28. The Hall–Kier alpha value is -2.06. The van der Waals surface area contributed by atoms with E-state index in [1.54, 1.807) is 13.2 Å². The van der Waals surface area contributed by atoms with Crippen molar-refractivity contribution in [1.29, 1.82) is 5.26 Å². The number of carbonyl (C=O) groups is 1. The predicted octanol–water partition coefficient (Wildman–Crippen LogP) is 1.91. The van der Waals surface area contributed by atoms with Crippen molar-refractivity contribution in [1.82, 2.24) is 10.2 Å². The van der Waals surface area contributed by atoms with Crippen LogP contribution in [0.1, 0.15) is 31.9 Å². The third kappa shape index (κ3) is 5.44. The molecule has 0 aliphatic heterocycles. The number of nitrogens with one attached hydrogen (secondary N) is 1. The largest absolute Gasteiger partial charge is 0.495 e. The van der Waals surface area contributed by atoms with Crippen molar-refractivity contribution in [3.8, 4) is 11.8 Å². The Morgan fingerprint density at radius 1 is 1.48 bits per heavy atom. The van der Waals surface area contributed by atoms with Crippen molar-refractivity contribution in [3.05, 3.63) is 29.3 Å². The number of likely N-dealkylation sites (N-methyl/N-ethyl adjacent to an activating group) is 1. The zero-order chi connectivity index (χ0) is 15.8. The number of hydrogen-bond acceptors (Lipinski definition) is 4. The van der Waals surface area contributed by atoms with E-state index in [0.29, 0.717) is 24.4 Å². The number of rotatable bonds is 7. The van der Waals surface area contributed by atoms with Gasteiger partial charge in [0, 0.05) is 12.6 Å². The molecule has 0 radical (unpaired) electrons. The molecule has 0 heterocycles. The molecule has 0 aliphatic rings. The van der Waals surface area contributed by atoms with Gasteiger partial charge in [0.2, 0.25) is 5.91 Å². The van der Waals surface area contributed by atoms with Crippen LogP contribution in [0.4, 0.5) is 0 Å². The van der Waals surface area contributed by atoms with Crippen LogP contribution in [-0.2, 0) is 11.3 Å². The van der Waals surface area contributed by atoms with Crippen LogP contribution in [0.3, 0.4) is 0 Å². The molecular weight excluding hydrogens is 266 g/mol. The molecular formula is C16H23N3O2. The summed E-state index contributed by atoms with van der Waals surface area (Å²) in [6.45, 7) is 7.68. The summed E-state index contributed by atoms with van der Waals surface area (Å²) in [6.07, 6.45) is 0. The van der Waals surface area contributed by atoms with E-state index in [4.69, 9.17) is 10.00 Å². The lowest BCUT2D eigenvalue weighted by molar-refractivity contribution is -0.122. The summed E-state index contributed by atoms with van der Waals surface area (Å²) < 4.78 is 5.21. The first-order chi connectivity index (χ1) is 9.99. The maximum absolute atomic E-state index is 11.8. The average molecular weight is 289 g/mol. The van der Waals surface area contributed by atoms with Crippen LogP contribution in [0, 0.1) is 11.3 Å². The van der Waals surface area contributed by atoms with Crippen LogP contribution in [0.5, 0.6) is 5.75 Å². The smallest absolute Gasteiger partial charge is 0.234 e. The van der Waals surface area contributed by atoms with Crippen molar-refractivity contribution in [2.45, 2.75) is 33.4 Å². The molecule has 0 saturated carbocycles. The molecule has 21 heavy (non-hydrogen) atoms. The molecule has 0 unspecified atom stereocenters. The number of nitrogens with zero attached hydrogens (tertiary/aromatic N) is 2. The number of benzene rings is 1. The minimum Gasteiger partial charge on any atom is -0.495 e. The third-order valence-electron chi connectivity index (χ3n) is 3.06. The molecule has 0 fully saturated rings. The van der Waals surface area contributed by atoms with Gasteiger partial charge in [-0.3, -0.25) is 9.69 Å². The van der Waals surface area contributed by atoms with Crippen LogP contribution in [-0.4, -0.2) is 37.0 Å². The number of nitriles is 1. The Balaban J connectivity index is 2.73. The summed E-state index contributed by atoms with van der Waals surface area (Å²) in [4.78, 5) is 13.9. The molecule has 1 N–H and O–H groups in total. The van der Waals surface area contributed by atoms with Gasteiger partial charge < -0.3 is 10.1 Å². The quantitative estimate of drug-likeness (QED) is 0.833. The zero-order valence-corrected chi connectivity index (χ0v) is 13.1. The summed E-state index contributed by atoms with van der Waals surface area (Å²) in [5.74, 6) is 0.588. The fourth-order valence-electron chi connectivity index (χ4n) is 2.03. The molecule has 0 bridgehead atoms. The first-order valence-corrected chi connectivity index (χ1v) is 7.08. The average Bonchev–Trinajstić information content (AvgIpc) is 2.45. The van der Waals surface area contributed by atoms with E-state index in [-0.39, 0.29) is 11.9 Å². The summed E-state index contributed by atoms with van der Waals surface area (Å²) >= 11 is 0. The van der Waals surface area contributed by atoms with Gasteiger partial charge >= 0.3 is 0 Å². The van der Waals surface area contributed by atoms with Crippen molar-refractivity contribution in [2.24, 2.45) is 0 Å². The van der Waals surface area contributed by atoms with Crippen LogP contribution in [0.25, 0.3) is 0 Å². The van der Waals surface area contributed by atoms with E-state index in [2.05, 4.69) is 11.4 Å². The third-order valence-corrected chi connectivity index (χ3v) is 3.06. The fourth-order valence-corrected chi connectivity index (χ4v) is 2.03. The molecule has 0 saturated heterocycles. The Morgan fingerprint density at radius 2 is 2.19 bits per heavy atom. The SMILES string of the molecule is CCN(CC(=O)NC(C)C)Cc1ccc(C#N)c(OC)c1. The van der Waals surface area contributed by atoms with Gasteiger partial charge in [0.05, 0.1) is 19.2 Å². The molecule has 5 heteroatoms. The van der Waals surface area contributed by atoms with Gasteiger partial charge in [0.25, 0.3) is 0 Å². The molecule has 0 atom stereocenters. The van der Waals surface area contributed by atoms with Crippen LogP contribution in [0.15, 0.2) is 18.2 Å². The number of carbonyl (C=O) groups excluding carboxylic acids is 1. The maximum atomic E-state index is 11.8. The normalized spacial score (nSPS) is 10.5. The van der Waals surface area contributed by atoms with Gasteiger partial charge in [-0.15, -0.1) is 0 Å². The molecule has 1 aromatic carbocycles. The topological polar surface area (TPSA) is 65.4 Å². The van der Waals surface area contributed by atoms with Crippen LogP contribution < -0.4 is 10.1 Å². The first kappa shape index (κ1) is 17.0. The first-order valence-electron chi connectivity index (χ1n) is 7.08. The molecule has 114 valence electrons. The fraction of sp³-hybridized carbons (Fsp3) is 0.500. The van der Waals surface area contributed by atoms with Gasteiger partial charge in [-0.25, -0.2) is 0 Å². The van der Waals surface area contributed by atoms with Gasteiger partial charge in [-0.05, 0) is 38.1 Å². The van der Waals surface area contributed by atoms with Gasteiger partial charge in [0.15, 0.2) is 0 Å². The van der Waals surface area contributed by atoms with Gasteiger partial charge in [-0.1, -0.05) is 13.0 Å². The Kier molecular flexibility index (Phi) is 6.70. The van der Waals surface area contributed by atoms with Crippen molar-refractivity contribution in [3.63, 3.8) is 0 Å². The number of amides is 1. The lowest BCUT2D eigenvalue weighted by Gasteiger charge is -2.21. The van der Waals surface area contributed by atoms with Crippen molar-refractivity contribution in [2.75, 3.05) is 20.2 Å². The van der Waals surface area contributed by atoms with Crippen LogP contribution in [0.2, 0.25) is 0 Å². The van der Waals surface area contributed by atoms with Gasteiger partial charge in [0.1, 0.15) is 11.8 Å². The molecule has 0 aromatic heterocycles. The Bertz CT molecular complexity index is 521. The van der Waals surface area contributed by atoms with E-state index in [9.17, 15) is 4.79 Å².